The normalized spacial score (nSPS) is 10.3. The van der Waals surface area contributed by atoms with Crippen molar-refractivity contribution in [1.29, 1.82) is 0 Å². The largest absolute Gasteiger partial charge is 0.384 e. The van der Waals surface area contributed by atoms with Crippen molar-refractivity contribution in [2.24, 2.45) is 5.73 Å². The number of fused-ring (bicyclic) bond motifs is 1. The van der Waals surface area contributed by atoms with Gasteiger partial charge in [0.2, 0.25) is 5.91 Å². The summed E-state index contributed by atoms with van der Waals surface area (Å²) in [5, 5.41) is 1.80. The molecule has 4 heteroatoms. The lowest BCUT2D eigenvalue weighted by Crippen LogP contribution is -2.10. The topological polar surface area (TPSA) is 82.0 Å². The van der Waals surface area contributed by atoms with Crippen molar-refractivity contribution in [3.8, 4) is 0 Å². The molecule has 0 aliphatic carbocycles. The molecular weight excluding hydrogens is 178 g/mol. The van der Waals surface area contributed by atoms with Gasteiger partial charge >= 0.3 is 0 Å². The Hall–Kier alpha value is -2.10. The third-order valence-corrected chi connectivity index (χ3v) is 2.03. The molecular formula is C10H9N3O. The third kappa shape index (κ3) is 1.37. The molecule has 2 rings (SSSR count). The van der Waals surface area contributed by atoms with E-state index in [1.807, 2.05) is 0 Å². The Bertz CT molecular complexity index is 508. The Balaban J connectivity index is 2.69. The van der Waals surface area contributed by atoms with E-state index in [2.05, 4.69) is 4.98 Å². The summed E-state index contributed by atoms with van der Waals surface area (Å²) >= 11 is 0. The highest BCUT2D eigenvalue weighted by Gasteiger charge is 2.01. The zero-order valence-corrected chi connectivity index (χ0v) is 7.40. The molecule has 0 atom stereocenters. The highest BCUT2D eigenvalue weighted by Crippen LogP contribution is 2.16. The molecule has 0 radical (unpaired) electrons. The van der Waals surface area contributed by atoms with E-state index in [4.69, 9.17) is 11.5 Å². The van der Waals surface area contributed by atoms with E-state index in [0.29, 0.717) is 11.4 Å². The molecule has 0 aliphatic rings. The molecule has 0 unspecified atom stereocenters. The van der Waals surface area contributed by atoms with E-state index in [0.717, 1.165) is 10.8 Å². The molecule has 0 saturated heterocycles. The third-order valence-electron chi connectivity index (χ3n) is 2.03. The number of carbonyl (C=O) groups is 1. The number of carbonyl (C=O) groups excluding carboxylic acids is 1. The van der Waals surface area contributed by atoms with E-state index in [9.17, 15) is 4.79 Å². The summed E-state index contributed by atoms with van der Waals surface area (Å²) in [6.07, 6.45) is 1.66. The van der Waals surface area contributed by atoms with Crippen molar-refractivity contribution in [2.75, 3.05) is 5.73 Å². The predicted molar refractivity (Wildman–Crippen MR) is 54.7 cm³/mol. The number of nitrogen functional groups attached to an aromatic ring is 1. The summed E-state index contributed by atoms with van der Waals surface area (Å²) in [6.45, 7) is 0. The fraction of sp³-hybridized carbons (Fsp3) is 0. The van der Waals surface area contributed by atoms with Crippen molar-refractivity contribution in [3.05, 3.63) is 36.0 Å². The molecule has 1 amide bonds. The Kier molecular flexibility index (Phi) is 1.81. The second-order valence-electron chi connectivity index (χ2n) is 3.04. The van der Waals surface area contributed by atoms with Gasteiger partial charge < -0.3 is 11.5 Å². The van der Waals surface area contributed by atoms with Gasteiger partial charge in [0.1, 0.15) is 5.82 Å². The Morgan fingerprint density at radius 1 is 1.21 bits per heavy atom. The molecule has 0 bridgehead atoms. The number of hydrogen-bond donors (Lipinski definition) is 2. The second kappa shape index (κ2) is 2.99. The molecule has 1 aromatic carbocycles. The number of rotatable bonds is 1. The highest BCUT2D eigenvalue weighted by molar-refractivity contribution is 5.97. The smallest absolute Gasteiger partial charge is 0.248 e. The van der Waals surface area contributed by atoms with Gasteiger partial charge in [0.25, 0.3) is 0 Å². The first-order valence-electron chi connectivity index (χ1n) is 4.12. The number of hydrogen-bond acceptors (Lipinski definition) is 3. The van der Waals surface area contributed by atoms with Crippen LogP contribution >= 0.6 is 0 Å². The minimum Gasteiger partial charge on any atom is -0.384 e. The first-order chi connectivity index (χ1) is 6.66. The second-order valence-corrected chi connectivity index (χ2v) is 3.04. The van der Waals surface area contributed by atoms with Crippen LogP contribution in [0.25, 0.3) is 10.8 Å². The summed E-state index contributed by atoms with van der Waals surface area (Å²) in [7, 11) is 0. The van der Waals surface area contributed by atoms with E-state index in [1.165, 1.54) is 0 Å². The maximum atomic E-state index is 10.9. The Morgan fingerprint density at radius 2 is 2.00 bits per heavy atom. The van der Waals surface area contributed by atoms with Gasteiger partial charge in [-0.25, -0.2) is 4.98 Å². The number of nitrogens with zero attached hydrogens (tertiary/aromatic N) is 1. The molecule has 1 heterocycles. The quantitative estimate of drug-likeness (QED) is 0.696. The lowest BCUT2D eigenvalue weighted by Gasteiger charge is -2.00. The van der Waals surface area contributed by atoms with E-state index < -0.39 is 5.91 Å². The summed E-state index contributed by atoms with van der Waals surface area (Å²) < 4.78 is 0. The highest BCUT2D eigenvalue weighted by atomic mass is 16.1. The number of benzene rings is 1. The van der Waals surface area contributed by atoms with Crippen LogP contribution in [-0.2, 0) is 0 Å². The predicted octanol–water partition coefficient (Wildman–Crippen LogP) is 0.916. The van der Waals surface area contributed by atoms with E-state index in [1.54, 1.807) is 30.5 Å². The van der Waals surface area contributed by atoms with Crippen molar-refractivity contribution in [2.45, 2.75) is 0 Å². The van der Waals surface area contributed by atoms with Crippen molar-refractivity contribution < 1.29 is 4.79 Å². The molecule has 0 saturated carbocycles. The maximum absolute atomic E-state index is 10.9. The van der Waals surface area contributed by atoms with Gasteiger partial charge in [-0.1, -0.05) is 6.07 Å². The number of nitrogens with two attached hydrogens (primary N) is 2. The van der Waals surface area contributed by atoms with Gasteiger partial charge in [-0.2, -0.15) is 0 Å². The average Bonchev–Trinajstić information content (AvgIpc) is 2.16. The first-order valence-corrected chi connectivity index (χ1v) is 4.12. The van der Waals surface area contributed by atoms with Gasteiger partial charge in [-0.15, -0.1) is 0 Å². The fourth-order valence-corrected chi connectivity index (χ4v) is 1.31. The maximum Gasteiger partial charge on any atom is 0.248 e. The number of primary amides is 1. The van der Waals surface area contributed by atoms with Crippen molar-refractivity contribution in [1.82, 2.24) is 4.98 Å². The lowest BCUT2D eigenvalue weighted by molar-refractivity contribution is 0.100. The molecule has 0 aliphatic heterocycles. The molecule has 70 valence electrons. The number of amides is 1. The zero-order valence-electron chi connectivity index (χ0n) is 7.40. The number of pyridine rings is 1. The van der Waals surface area contributed by atoms with Crippen LogP contribution in [0.2, 0.25) is 0 Å². The SMILES string of the molecule is NC(=O)c1ccc2cnc(N)cc2c1. The van der Waals surface area contributed by atoms with Crippen LogP contribution in [0.15, 0.2) is 30.5 Å². The summed E-state index contributed by atoms with van der Waals surface area (Å²) in [5.74, 6) is -0.0126. The van der Waals surface area contributed by atoms with Gasteiger partial charge in [0.15, 0.2) is 0 Å². The summed E-state index contributed by atoms with van der Waals surface area (Å²) in [6, 6.07) is 6.88. The van der Waals surface area contributed by atoms with Crippen LogP contribution in [-0.4, -0.2) is 10.9 Å². The minimum atomic E-state index is -0.442. The van der Waals surface area contributed by atoms with Crippen molar-refractivity contribution in [3.63, 3.8) is 0 Å². The minimum absolute atomic E-state index is 0.430. The van der Waals surface area contributed by atoms with Gasteiger partial charge in [0, 0.05) is 17.1 Å². The lowest BCUT2D eigenvalue weighted by atomic mass is 10.1. The molecule has 14 heavy (non-hydrogen) atoms. The van der Waals surface area contributed by atoms with Gasteiger partial charge in [-0.3, -0.25) is 4.79 Å². The van der Waals surface area contributed by atoms with Crippen LogP contribution in [0.4, 0.5) is 5.82 Å². The monoisotopic (exact) mass is 187 g/mol. The zero-order chi connectivity index (χ0) is 10.1. The molecule has 4 nitrogen and oxygen atoms in total. The number of aromatic nitrogens is 1. The Labute approximate surface area is 80.5 Å². The van der Waals surface area contributed by atoms with Crippen molar-refractivity contribution >= 4 is 22.5 Å². The van der Waals surface area contributed by atoms with Crippen LogP contribution in [0.1, 0.15) is 10.4 Å². The molecule has 1 aromatic heterocycles. The standard InChI is InChI=1S/C10H9N3O/c11-9-4-8-3-6(10(12)14)1-2-7(8)5-13-9/h1-5H,(H2,11,13)(H2,12,14). The van der Waals surface area contributed by atoms with Gasteiger partial charge in [-0.05, 0) is 23.6 Å². The Morgan fingerprint density at radius 3 is 2.71 bits per heavy atom. The summed E-state index contributed by atoms with van der Waals surface area (Å²) in [4.78, 5) is 14.8. The average molecular weight is 187 g/mol. The van der Waals surface area contributed by atoms with Crippen LogP contribution in [0.5, 0.6) is 0 Å². The van der Waals surface area contributed by atoms with Crippen LogP contribution < -0.4 is 11.5 Å². The molecule has 0 fully saturated rings. The van der Waals surface area contributed by atoms with Crippen LogP contribution in [0.3, 0.4) is 0 Å². The van der Waals surface area contributed by atoms with Gasteiger partial charge in [0.05, 0.1) is 0 Å². The van der Waals surface area contributed by atoms with E-state index >= 15 is 0 Å². The van der Waals surface area contributed by atoms with E-state index in [-0.39, 0.29) is 0 Å². The number of anilines is 1. The summed E-state index contributed by atoms with van der Waals surface area (Å²) in [5.41, 5.74) is 11.2. The first kappa shape index (κ1) is 8.50. The molecule has 2 aromatic rings. The molecule has 0 spiro atoms. The fourth-order valence-electron chi connectivity index (χ4n) is 1.31. The molecule has 4 N–H and O–H groups in total. The van der Waals surface area contributed by atoms with Crippen LogP contribution in [0, 0.1) is 0 Å².